The van der Waals surface area contributed by atoms with E-state index in [0.717, 1.165) is 10.5 Å². The lowest BCUT2D eigenvalue weighted by Crippen LogP contribution is -2.67. The molecule has 6 nitrogen and oxygen atoms in total. The fourth-order valence-corrected chi connectivity index (χ4v) is 3.28. The molecule has 0 aromatic heterocycles. The number of amides is 4. The first-order chi connectivity index (χ1) is 10.5. The summed E-state index contributed by atoms with van der Waals surface area (Å²) in [4.78, 5) is 39.2. The van der Waals surface area contributed by atoms with Crippen molar-refractivity contribution in [3.63, 3.8) is 0 Å². The molecule has 116 valence electrons. The van der Waals surface area contributed by atoms with Gasteiger partial charge in [0, 0.05) is 20.0 Å². The molecule has 3 atom stereocenters. The zero-order valence-electron chi connectivity index (χ0n) is 12.7. The van der Waals surface area contributed by atoms with Crippen molar-refractivity contribution >= 4 is 17.8 Å². The molecular weight excluding hydrogens is 282 g/mol. The van der Waals surface area contributed by atoms with Crippen LogP contribution in [0.2, 0.25) is 0 Å². The summed E-state index contributed by atoms with van der Waals surface area (Å²) >= 11 is 0. The molecule has 2 heterocycles. The SMILES string of the molecule is CN1C(=O)C2CC(Cc3ccccc3)C(=O)NC2N(C)C1=O. The van der Waals surface area contributed by atoms with Crippen LogP contribution < -0.4 is 5.32 Å². The summed E-state index contributed by atoms with van der Waals surface area (Å²) in [5.74, 6) is -0.935. The van der Waals surface area contributed by atoms with Gasteiger partial charge in [0.2, 0.25) is 11.8 Å². The summed E-state index contributed by atoms with van der Waals surface area (Å²) in [5.41, 5.74) is 1.07. The third-order valence-corrected chi connectivity index (χ3v) is 4.56. The third-order valence-electron chi connectivity index (χ3n) is 4.56. The van der Waals surface area contributed by atoms with E-state index in [0.29, 0.717) is 12.8 Å². The summed E-state index contributed by atoms with van der Waals surface area (Å²) in [6, 6.07) is 9.37. The number of rotatable bonds is 2. The number of nitrogens with one attached hydrogen (secondary N) is 1. The van der Waals surface area contributed by atoms with E-state index >= 15 is 0 Å². The maximum atomic E-state index is 12.3. The lowest BCUT2D eigenvalue weighted by Gasteiger charge is -2.45. The largest absolute Gasteiger partial charge is 0.335 e. The molecule has 1 N–H and O–H groups in total. The number of piperidine rings is 1. The average Bonchev–Trinajstić information content (AvgIpc) is 2.53. The highest BCUT2D eigenvalue weighted by atomic mass is 16.2. The fraction of sp³-hybridized carbons (Fsp3) is 0.438. The zero-order valence-corrected chi connectivity index (χ0v) is 12.7. The molecule has 0 radical (unpaired) electrons. The second kappa shape index (κ2) is 5.44. The second-order valence-corrected chi connectivity index (χ2v) is 5.97. The standard InChI is InChI=1S/C16H19N3O3/c1-18-13-12(15(21)19(2)16(18)22)9-11(14(20)17-13)8-10-6-4-3-5-7-10/h3-7,11-13H,8-9H2,1-2H3,(H,17,20). The normalized spacial score (nSPS) is 28.5. The quantitative estimate of drug-likeness (QED) is 0.879. The van der Waals surface area contributed by atoms with Crippen molar-refractivity contribution in [1.29, 1.82) is 0 Å². The van der Waals surface area contributed by atoms with E-state index in [4.69, 9.17) is 0 Å². The lowest BCUT2D eigenvalue weighted by molar-refractivity contribution is -0.145. The van der Waals surface area contributed by atoms with Gasteiger partial charge >= 0.3 is 6.03 Å². The van der Waals surface area contributed by atoms with Crippen molar-refractivity contribution in [3.05, 3.63) is 35.9 Å². The Morgan fingerprint density at radius 2 is 1.82 bits per heavy atom. The number of benzene rings is 1. The molecule has 1 aromatic rings. The van der Waals surface area contributed by atoms with Crippen LogP contribution in [0.1, 0.15) is 12.0 Å². The van der Waals surface area contributed by atoms with Crippen LogP contribution >= 0.6 is 0 Å². The van der Waals surface area contributed by atoms with Gasteiger partial charge in [0.1, 0.15) is 6.17 Å². The van der Waals surface area contributed by atoms with Gasteiger partial charge in [-0.2, -0.15) is 0 Å². The molecule has 2 saturated heterocycles. The molecule has 6 heteroatoms. The number of imide groups is 1. The maximum absolute atomic E-state index is 12.3. The number of fused-ring (bicyclic) bond motifs is 1. The van der Waals surface area contributed by atoms with E-state index in [1.165, 1.54) is 11.9 Å². The Morgan fingerprint density at radius 3 is 2.50 bits per heavy atom. The molecule has 2 fully saturated rings. The van der Waals surface area contributed by atoms with Crippen LogP contribution in [0.15, 0.2) is 30.3 Å². The smallest absolute Gasteiger partial charge is 0.327 e. The van der Waals surface area contributed by atoms with Gasteiger partial charge in [-0.15, -0.1) is 0 Å². The Labute approximate surface area is 129 Å². The zero-order chi connectivity index (χ0) is 15.9. The molecule has 2 aliphatic heterocycles. The van der Waals surface area contributed by atoms with Crippen molar-refractivity contribution in [3.8, 4) is 0 Å². The van der Waals surface area contributed by atoms with Crippen molar-refractivity contribution in [2.75, 3.05) is 14.1 Å². The topological polar surface area (TPSA) is 69.7 Å². The van der Waals surface area contributed by atoms with Crippen LogP contribution in [-0.2, 0) is 16.0 Å². The van der Waals surface area contributed by atoms with E-state index in [9.17, 15) is 14.4 Å². The van der Waals surface area contributed by atoms with Gasteiger partial charge in [0.15, 0.2) is 0 Å². The van der Waals surface area contributed by atoms with Gasteiger partial charge < -0.3 is 10.2 Å². The summed E-state index contributed by atoms with van der Waals surface area (Å²) in [6.45, 7) is 0. The first-order valence-corrected chi connectivity index (χ1v) is 7.37. The van der Waals surface area contributed by atoms with Crippen LogP contribution in [-0.4, -0.2) is 47.9 Å². The molecular formula is C16H19N3O3. The van der Waals surface area contributed by atoms with Crippen LogP contribution in [0, 0.1) is 11.8 Å². The number of nitrogens with zero attached hydrogens (tertiary/aromatic N) is 2. The Balaban J connectivity index is 1.80. The maximum Gasteiger partial charge on any atom is 0.327 e. The Morgan fingerprint density at radius 1 is 1.14 bits per heavy atom. The minimum Gasteiger partial charge on any atom is -0.335 e. The first-order valence-electron chi connectivity index (χ1n) is 7.37. The summed E-state index contributed by atoms with van der Waals surface area (Å²) in [5, 5.41) is 2.84. The molecule has 1 aromatic carbocycles. The molecule has 3 rings (SSSR count). The third kappa shape index (κ3) is 2.34. The first kappa shape index (κ1) is 14.6. The van der Waals surface area contributed by atoms with Gasteiger partial charge in [0.25, 0.3) is 0 Å². The predicted octanol–water partition coefficient (Wildman–Crippen LogP) is 0.831. The Kier molecular flexibility index (Phi) is 3.60. The summed E-state index contributed by atoms with van der Waals surface area (Å²) in [6.07, 6.45) is 0.534. The van der Waals surface area contributed by atoms with E-state index in [1.807, 2.05) is 30.3 Å². The minimum atomic E-state index is -0.532. The molecule has 0 saturated carbocycles. The van der Waals surface area contributed by atoms with Crippen LogP contribution in [0.5, 0.6) is 0 Å². The predicted molar refractivity (Wildman–Crippen MR) is 79.6 cm³/mol. The van der Waals surface area contributed by atoms with E-state index < -0.39 is 6.17 Å². The van der Waals surface area contributed by atoms with Gasteiger partial charge in [-0.05, 0) is 18.4 Å². The summed E-state index contributed by atoms with van der Waals surface area (Å²) in [7, 11) is 3.10. The van der Waals surface area contributed by atoms with E-state index in [1.54, 1.807) is 7.05 Å². The fourth-order valence-electron chi connectivity index (χ4n) is 3.28. The van der Waals surface area contributed by atoms with Crippen LogP contribution in [0.25, 0.3) is 0 Å². The average molecular weight is 301 g/mol. The van der Waals surface area contributed by atoms with Gasteiger partial charge in [-0.1, -0.05) is 30.3 Å². The highest BCUT2D eigenvalue weighted by Gasteiger charge is 2.48. The number of hydrogen-bond acceptors (Lipinski definition) is 3. The Hall–Kier alpha value is -2.37. The van der Waals surface area contributed by atoms with Crippen molar-refractivity contribution in [1.82, 2.24) is 15.1 Å². The number of hydrogen-bond donors (Lipinski definition) is 1. The van der Waals surface area contributed by atoms with Crippen molar-refractivity contribution in [2.45, 2.75) is 19.0 Å². The second-order valence-electron chi connectivity index (χ2n) is 5.97. The lowest BCUT2D eigenvalue weighted by atomic mass is 9.82. The van der Waals surface area contributed by atoms with E-state index in [-0.39, 0.29) is 29.7 Å². The number of urea groups is 1. The monoisotopic (exact) mass is 301 g/mol. The summed E-state index contributed by atoms with van der Waals surface area (Å²) < 4.78 is 0. The Bertz CT molecular complexity index is 616. The molecule has 0 spiro atoms. The van der Waals surface area contributed by atoms with Gasteiger partial charge in [-0.3, -0.25) is 14.5 Å². The molecule has 2 aliphatic rings. The van der Waals surface area contributed by atoms with Crippen molar-refractivity contribution in [2.24, 2.45) is 11.8 Å². The molecule has 4 amide bonds. The highest BCUT2D eigenvalue weighted by Crippen LogP contribution is 2.31. The van der Waals surface area contributed by atoms with Crippen molar-refractivity contribution < 1.29 is 14.4 Å². The number of carbonyl (C=O) groups excluding carboxylic acids is 3. The van der Waals surface area contributed by atoms with Crippen LogP contribution in [0.4, 0.5) is 4.79 Å². The molecule has 0 aliphatic carbocycles. The van der Waals surface area contributed by atoms with Gasteiger partial charge in [0.05, 0.1) is 5.92 Å². The number of carbonyl (C=O) groups is 3. The molecule has 22 heavy (non-hydrogen) atoms. The van der Waals surface area contributed by atoms with E-state index in [2.05, 4.69) is 5.32 Å². The molecule has 3 unspecified atom stereocenters. The van der Waals surface area contributed by atoms with Gasteiger partial charge in [-0.25, -0.2) is 4.79 Å². The minimum absolute atomic E-state index is 0.0953. The molecule has 0 bridgehead atoms. The highest BCUT2D eigenvalue weighted by molar-refractivity contribution is 5.99. The van der Waals surface area contributed by atoms with Crippen LogP contribution in [0.3, 0.4) is 0 Å².